The van der Waals surface area contributed by atoms with Crippen molar-refractivity contribution in [2.24, 2.45) is 4.99 Å². The van der Waals surface area contributed by atoms with E-state index in [-0.39, 0.29) is 24.0 Å². The molecule has 0 aromatic heterocycles. The van der Waals surface area contributed by atoms with Crippen molar-refractivity contribution in [2.75, 3.05) is 21.3 Å². The van der Waals surface area contributed by atoms with Gasteiger partial charge >= 0.3 is 0 Å². The Morgan fingerprint density at radius 3 is 2.27 bits per heavy atom. The molecule has 2 N–H and O–H groups in total. The summed E-state index contributed by atoms with van der Waals surface area (Å²) in [6.07, 6.45) is 5.06. The topological polar surface area (TPSA) is 64.1 Å². The number of aliphatic imine (C=N–C) groups is 1. The molecule has 0 spiro atoms. The van der Waals surface area contributed by atoms with Crippen molar-refractivity contribution in [3.05, 3.63) is 53.6 Å². The van der Waals surface area contributed by atoms with Gasteiger partial charge in [0, 0.05) is 20.1 Å². The highest BCUT2D eigenvalue weighted by molar-refractivity contribution is 14.0. The molecule has 0 atom stereocenters. The van der Waals surface area contributed by atoms with Crippen molar-refractivity contribution >= 4 is 29.9 Å². The predicted octanol–water partition coefficient (Wildman–Crippen LogP) is 4.51. The molecule has 0 amide bonds. The lowest BCUT2D eigenvalue weighted by atomic mass is 10.2. The molecule has 0 bridgehead atoms. The fourth-order valence-corrected chi connectivity index (χ4v) is 3.48. The second-order valence-electron chi connectivity index (χ2n) is 7.14. The molecule has 1 aliphatic carbocycles. The Balaban J connectivity index is 0.00000320. The van der Waals surface area contributed by atoms with E-state index < -0.39 is 0 Å². The van der Waals surface area contributed by atoms with Crippen LogP contribution in [0.15, 0.2) is 47.5 Å². The smallest absolute Gasteiger partial charge is 0.191 e. The van der Waals surface area contributed by atoms with E-state index in [1.54, 1.807) is 21.3 Å². The fraction of sp³-hybridized carbons (Fsp3) is 0.435. The monoisotopic (exact) mass is 525 g/mol. The third-order valence-electron chi connectivity index (χ3n) is 5.10. The van der Waals surface area contributed by atoms with E-state index in [9.17, 15) is 0 Å². The number of guanidine groups is 1. The molecular weight excluding hydrogens is 493 g/mol. The first kappa shape index (κ1) is 24.1. The van der Waals surface area contributed by atoms with Gasteiger partial charge in [-0.05, 0) is 61.1 Å². The van der Waals surface area contributed by atoms with Gasteiger partial charge in [0.25, 0.3) is 0 Å². The second kappa shape index (κ2) is 12.5. The molecule has 7 heteroatoms. The molecule has 0 radical (unpaired) electrons. The molecule has 164 valence electrons. The third kappa shape index (κ3) is 6.97. The number of benzene rings is 2. The zero-order valence-corrected chi connectivity index (χ0v) is 20.3. The van der Waals surface area contributed by atoms with Gasteiger partial charge in [0.05, 0.1) is 20.3 Å². The van der Waals surface area contributed by atoms with Crippen molar-refractivity contribution in [1.29, 1.82) is 0 Å². The van der Waals surface area contributed by atoms with Crippen LogP contribution in [0.25, 0.3) is 0 Å². The molecule has 1 fully saturated rings. The maximum atomic E-state index is 6.11. The Morgan fingerprint density at radius 2 is 1.63 bits per heavy atom. The van der Waals surface area contributed by atoms with Gasteiger partial charge in [0.1, 0.15) is 5.75 Å². The summed E-state index contributed by atoms with van der Waals surface area (Å²) in [6.45, 7) is 1.30. The molecule has 3 rings (SSSR count). The lowest BCUT2D eigenvalue weighted by molar-refractivity contribution is 0.200. The van der Waals surface area contributed by atoms with Crippen LogP contribution in [-0.4, -0.2) is 33.3 Å². The van der Waals surface area contributed by atoms with Crippen molar-refractivity contribution in [3.63, 3.8) is 0 Å². The number of halogens is 1. The van der Waals surface area contributed by atoms with Crippen LogP contribution in [0.2, 0.25) is 0 Å². The number of hydrogen-bond donors (Lipinski definition) is 2. The minimum atomic E-state index is 0. The van der Waals surface area contributed by atoms with Crippen LogP contribution in [0.4, 0.5) is 0 Å². The number of nitrogens with one attached hydrogen (secondary N) is 2. The Bertz CT molecular complexity index is 823. The molecule has 1 aliphatic rings. The summed E-state index contributed by atoms with van der Waals surface area (Å²) in [5.41, 5.74) is 2.23. The van der Waals surface area contributed by atoms with E-state index in [4.69, 9.17) is 14.2 Å². The van der Waals surface area contributed by atoms with Gasteiger partial charge in [-0.15, -0.1) is 24.0 Å². The quantitative estimate of drug-likeness (QED) is 0.302. The summed E-state index contributed by atoms with van der Waals surface area (Å²) >= 11 is 0. The Labute approximate surface area is 196 Å². The standard InChI is InChI=1S/C23H31N3O3.HI/c1-24-23(25-15-17-7-6-10-20(13-17)27-2)26-16-18-11-12-21(22(14-18)28-3)29-19-8-4-5-9-19;/h6-7,10-14,19H,4-5,8-9,15-16H2,1-3H3,(H2,24,25,26);1H. The molecule has 30 heavy (non-hydrogen) atoms. The van der Waals surface area contributed by atoms with Crippen molar-refractivity contribution in [2.45, 2.75) is 44.9 Å². The maximum Gasteiger partial charge on any atom is 0.191 e. The summed E-state index contributed by atoms with van der Waals surface area (Å²) in [6, 6.07) is 14.1. The van der Waals surface area contributed by atoms with Crippen molar-refractivity contribution in [3.8, 4) is 17.2 Å². The van der Waals surface area contributed by atoms with Crippen LogP contribution >= 0.6 is 24.0 Å². The largest absolute Gasteiger partial charge is 0.497 e. The van der Waals surface area contributed by atoms with Gasteiger partial charge in [0.2, 0.25) is 0 Å². The fourth-order valence-electron chi connectivity index (χ4n) is 3.48. The first-order valence-corrected chi connectivity index (χ1v) is 10.1. The van der Waals surface area contributed by atoms with E-state index >= 15 is 0 Å². The van der Waals surface area contributed by atoms with Crippen molar-refractivity contribution < 1.29 is 14.2 Å². The van der Waals surface area contributed by atoms with Gasteiger partial charge in [-0.25, -0.2) is 0 Å². The molecule has 0 saturated heterocycles. The molecule has 2 aromatic rings. The molecule has 6 nitrogen and oxygen atoms in total. The van der Waals surface area contributed by atoms with Crippen LogP contribution in [-0.2, 0) is 13.1 Å². The minimum absolute atomic E-state index is 0. The number of rotatable bonds is 8. The highest BCUT2D eigenvalue weighted by Crippen LogP contribution is 2.32. The van der Waals surface area contributed by atoms with Crippen LogP contribution in [0, 0.1) is 0 Å². The molecule has 0 aliphatic heterocycles. The van der Waals surface area contributed by atoms with Gasteiger partial charge in [-0.3, -0.25) is 4.99 Å². The number of nitrogens with zero attached hydrogens (tertiary/aromatic N) is 1. The molecule has 0 heterocycles. The minimum Gasteiger partial charge on any atom is -0.497 e. The van der Waals surface area contributed by atoms with Crippen LogP contribution in [0.5, 0.6) is 17.2 Å². The first-order chi connectivity index (χ1) is 14.2. The third-order valence-corrected chi connectivity index (χ3v) is 5.10. The normalized spacial score (nSPS) is 14.0. The number of ether oxygens (including phenoxy) is 3. The number of hydrogen-bond acceptors (Lipinski definition) is 4. The van der Waals surface area contributed by atoms with Crippen LogP contribution in [0.1, 0.15) is 36.8 Å². The van der Waals surface area contributed by atoms with E-state index in [1.165, 1.54) is 12.8 Å². The lowest BCUT2D eigenvalue weighted by Crippen LogP contribution is -2.36. The van der Waals surface area contributed by atoms with Crippen molar-refractivity contribution in [1.82, 2.24) is 10.6 Å². The van der Waals surface area contributed by atoms with Crippen LogP contribution < -0.4 is 24.8 Å². The van der Waals surface area contributed by atoms with E-state index in [0.29, 0.717) is 19.2 Å². The average Bonchev–Trinajstić information content (AvgIpc) is 3.28. The van der Waals surface area contributed by atoms with E-state index in [1.807, 2.05) is 30.3 Å². The Kier molecular flexibility index (Phi) is 10.1. The molecule has 1 saturated carbocycles. The lowest BCUT2D eigenvalue weighted by Gasteiger charge is -2.17. The zero-order valence-electron chi connectivity index (χ0n) is 17.9. The van der Waals surface area contributed by atoms with E-state index in [2.05, 4.69) is 27.8 Å². The Hall–Kier alpha value is -2.16. The SMILES string of the molecule is CN=C(NCc1cccc(OC)c1)NCc1ccc(OC2CCCC2)c(OC)c1.I. The summed E-state index contributed by atoms with van der Waals surface area (Å²) in [5.74, 6) is 3.18. The molecular formula is C23H32IN3O3. The average molecular weight is 525 g/mol. The predicted molar refractivity (Wildman–Crippen MR) is 131 cm³/mol. The summed E-state index contributed by atoms with van der Waals surface area (Å²) < 4.78 is 16.9. The summed E-state index contributed by atoms with van der Waals surface area (Å²) in [7, 11) is 5.12. The highest BCUT2D eigenvalue weighted by Gasteiger charge is 2.18. The van der Waals surface area contributed by atoms with Gasteiger partial charge in [-0.2, -0.15) is 0 Å². The Morgan fingerprint density at radius 1 is 0.933 bits per heavy atom. The van der Waals surface area contributed by atoms with Gasteiger partial charge in [-0.1, -0.05) is 18.2 Å². The number of methoxy groups -OCH3 is 2. The van der Waals surface area contributed by atoms with Gasteiger partial charge in [0.15, 0.2) is 17.5 Å². The summed E-state index contributed by atoms with van der Waals surface area (Å²) in [4.78, 5) is 4.30. The maximum absolute atomic E-state index is 6.11. The van der Waals surface area contributed by atoms with Crippen LogP contribution in [0.3, 0.4) is 0 Å². The second-order valence-corrected chi connectivity index (χ2v) is 7.14. The molecule has 0 unspecified atom stereocenters. The highest BCUT2D eigenvalue weighted by atomic mass is 127. The summed E-state index contributed by atoms with van der Waals surface area (Å²) in [5, 5.41) is 6.66. The van der Waals surface area contributed by atoms with E-state index in [0.717, 1.165) is 47.2 Å². The van der Waals surface area contributed by atoms with Gasteiger partial charge < -0.3 is 24.8 Å². The zero-order chi connectivity index (χ0) is 20.5. The molecule has 2 aromatic carbocycles. The first-order valence-electron chi connectivity index (χ1n) is 10.1.